The zero-order valence-corrected chi connectivity index (χ0v) is 50.2. The first kappa shape index (κ1) is 59.3. The lowest BCUT2D eigenvalue weighted by atomic mass is 10.1. The normalized spacial score (nSPS) is 14.8. The number of aromatic nitrogens is 4. The minimum atomic E-state index is -0.483. The van der Waals surface area contributed by atoms with Crippen LogP contribution in [0.3, 0.4) is 0 Å². The van der Waals surface area contributed by atoms with Gasteiger partial charge in [0.1, 0.15) is 28.9 Å². The number of carbonyl (C=O) groups excluding carboxylic acids is 1. The molecule has 1 amide bonds. The second kappa shape index (κ2) is 26.6. The van der Waals surface area contributed by atoms with Gasteiger partial charge in [0.05, 0.1) is 51.6 Å². The van der Waals surface area contributed by atoms with Crippen LogP contribution in [0.5, 0.6) is 23.0 Å². The molecule has 2 aliphatic heterocycles. The maximum Gasteiger partial charge on any atom is 0.410 e. The van der Waals surface area contributed by atoms with Crippen molar-refractivity contribution in [1.82, 2.24) is 40.0 Å². The summed E-state index contributed by atoms with van der Waals surface area (Å²) >= 11 is 3.62. The highest BCUT2D eigenvalue weighted by Crippen LogP contribution is 2.40. The zero-order chi connectivity index (χ0) is 55.8. The fourth-order valence-corrected chi connectivity index (χ4v) is 12.1. The number of rotatable bonds is 16. The summed E-state index contributed by atoms with van der Waals surface area (Å²) in [6.45, 7) is 22.9. The summed E-state index contributed by atoms with van der Waals surface area (Å²) in [7, 11) is 6.53. The Bertz CT molecular complexity index is 3390. The fourth-order valence-electron chi connectivity index (χ4n) is 9.94. The first-order valence-corrected chi connectivity index (χ1v) is 28.6. The molecule has 3 N–H and O–H groups in total. The third-order valence-electron chi connectivity index (χ3n) is 14.0. The number of halogens is 1. The highest BCUT2D eigenvalue weighted by molar-refractivity contribution is 7.16. The molecule has 4 aromatic heterocycles. The van der Waals surface area contributed by atoms with E-state index in [1.807, 2.05) is 75.1 Å². The highest BCUT2D eigenvalue weighted by atomic mass is 35.5. The summed E-state index contributed by atoms with van der Waals surface area (Å²) in [4.78, 5) is 42.9. The van der Waals surface area contributed by atoms with Crippen LogP contribution >= 0.6 is 35.1 Å². The number of amides is 1. The van der Waals surface area contributed by atoms with Gasteiger partial charge in [0.15, 0.2) is 23.0 Å². The van der Waals surface area contributed by atoms with Gasteiger partial charge in [0.25, 0.3) is 0 Å². The summed E-state index contributed by atoms with van der Waals surface area (Å²) in [6, 6.07) is 34.0. The molecule has 10 rings (SSSR count). The molecule has 2 aliphatic rings. The summed E-state index contributed by atoms with van der Waals surface area (Å²) in [5.41, 5.74) is 6.35. The van der Waals surface area contributed by atoms with Crippen LogP contribution in [-0.2, 0) is 17.8 Å². The first-order valence-electron chi connectivity index (χ1n) is 26.9. The van der Waals surface area contributed by atoms with E-state index in [0.717, 1.165) is 85.8 Å². The predicted molar refractivity (Wildman–Crippen MR) is 327 cm³/mol. The van der Waals surface area contributed by atoms with Gasteiger partial charge in [-0.2, -0.15) is 0 Å². The number of benzene rings is 4. The Labute approximate surface area is 484 Å². The van der Waals surface area contributed by atoms with Crippen LogP contribution in [0, 0.1) is 13.8 Å². The molecule has 6 heterocycles. The Morgan fingerprint density at radius 2 is 1.00 bits per heavy atom. The molecule has 0 radical (unpaired) electrons. The smallest absolute Gasteiger partial charge is 0.410 e. The Kier molecular flexibility index (Phi) is 19.8. The third kappa shape index (κ3) is 14.4. The molecular formula is C61H75ClN10O6S2. The Morgan fingerprint density at radius 1 is 0.588 bits per heavy atom. The van der Waals surface area contributed by atoms with Crippen molar-refractivity contribution in [3.05, 3.63) is 130 Å². The summed E-state index contributed by atoms with van der Waals surface area (Å²) in [5, 5.41) is 12.5. The van der Waals surface area contributed by atoms with E-state index in [9.17, 15) is 4.79 Å². The minimum Gasteiger partial charge on any atom is -0.493 e. The SMILES string of the molecule is COc1cc2nc(C)nc(NC(C)c3ccc(-c4ccccc4CN4CCN(C(=O)OC(C)(C)C)CC4)s3)c2cc1OC.COc1cc2nc(C)nc(NC(C)c3ccc(-c4ccccc4CN4CCNCC4)s3)c2cc1OC.Cl. The van der Waals surface area contributed by atoms with Gasteiger partial charge in [-0.25, -0.2) is 24.7 Å². The molecule has 2 unspecified atom stereocenters. The molecule has 2 fully saturated rings. The van der Waals surface area contributed by atoms with Crippen LogP contribution in [0.1, 0.15) is 79.2 Å². The summed E-state index contributed by atoms with van der Waals surface area (Å²) < 4.78 is 27.6. The number of nitrogens with zero attached hydrogens (tertiary/aromatic N) is 7. The van der Waals surface area contributed by atoms with E-state index in [1.54, 1.807) is 39.8 Å². The van der Waals surface area contributed by atoms with Crippen LogP contribution in [-0.4, -0.2) is 127 Å². The monoisotopic (exact) mass is 1140 g/mol. The first-order chi connectivity index (χ1) is 38.1. The topological polar surface area (TPSA) is 161 Å². The largest absolute Gasteiger partial charge is 0.493 e. The van der Waals surface area contributed by atoms with Crippen LogP contribution in [0.2, 0.25) is 0 Å². The third-order valence-corrected chi connectivity index (χ3v) is 16.6. The van der Waals surface area contributed by atoms with Crippen LogP contribution in [0.4, 0.5) is 16.4 Å². The van der Waals surface area contributed by atoms with Crippen molar-refractivity contribution < 1.29 is 28.5 Å². The van der Waals surface area contributed by atoms with Crippen LogP contribution in [0.15, 0.2) is 97.1 Å². The number of ether oxygens (including phenoxy) is 5. The molecular weight excluding hydrogens is 1070 g/mol. The van der Waals surface area contributed by atoms with Gasteiger partial charge in [0.2, 0.25) is 0 Å². The van der Waals surface area contributed by atoms with Gasteiger partial charge in [-0.15, -0.1) is 35.1 Å². The maximum absolute atomic E-state index is 12.5. The van der Waals surface area contributed by atoms with Gasteiger partial charge >= 0.3 is 6.09 Å². The number of methoxy groups -OCH3 is 4. The quantitative estimate of drug-likeness (QED) is 0.0838. The van der Waals surface area contributed by atoms with Crippen molar-refractivity contribution in [2.45, 2.75) is 79.2 Å². The second-order valence-corrected chi connectivity index (χ2v) is 23.1. The van der Waals surface area contributed by atoms with E-state index in [4.69, 9.17) is 33.7 Å². The van der Waals surface area contributed by atoms with Gasteiger partial charge in [-0.3, -0.25) is 9.80 Å². The lowest BCUT2D eigenvalue weighted by Gasteiger charge is -2.35. The number of hydrogen-bond acceptors (Lipinski definition) is 17. The van der Waals surface area contributed by atoms with Crippen molar-refractivity contribution in [2.24, 2.45) is 0 Å². The van der Waals surface area contributed by atoms with Crippen molar-refractivity contribution >= 4 is 74.6 Å². The lowest BCUT2D eigenvalue weighted by Crippen LogP contribution is -2.49. The average molecular weight is 1140 g/mol. The van der Waals surface area contributed by atoms with Gasteiger partial charge in [0, 0.05) is 108 Å². The number of thiophene rings is 2. The average Bonchev–Trinajstić information content (AvgIpc) is 4.17. The number of fused-ring (bicyclic) bond motifs is 2. The molecule has 424 valence electrons. The molecule has 16 nitrogen and oxygen atoms in total. The van der Waals surface area contributed by atoms with E-state index in [-0.39, 0.29) is 30.6 Å². The molecule has 0 spiro atoms. The molecule has 2 atom stereocenters. The molecule has 2 saturated heterocycles. The number of carbonyl (C=O) groups is 1. The Balaban J connectivity index is 0.000000211. The Hall–Kier alpha value is -6.80. The molecule has 0 saturated carbocycles. The van der Waals surface area contributed by atoms with Gasteiger partial charge in [-0.1, -0.05) is 48.5 Å². The van der Waals surface area contributed by atoms with Crippen molar-refractivity contribution in [3.8, 4) is 43.9 Å². The highest BCUT2D eigenvalue weighted by Gasteiger charge is 2.27. The molecule has 4 aromatic carbocycles. The standard InChI is InChI=1S/C33H41N5O4S.C28H33N5O2S.ClH/c1-21(34-31-25-18-27(40-6)28(41-7)19-26(25)35-22(2)36-31)29-12-13-30(43-29)24-11-9-8-10-23(24)20-37-14-16-38(17-15-37)32(39)42-33(3,4)5;1-18(30-28-22-15-24(34-3)25(35-4)16-23(22)31-19(2)32-28)26-9-10-27(36-26)21-8-6-5-7-20(21)17-33-13-11-29-12-14-33;/h8-13,18-19,21H,14-17,20H2,1-7H3,(H,34,35,36);5-10,15-16,18,29H,11-14,17H2,1-4H3,(H,30,31,32);1H. The zero-order valence-electron chi connectivity index (χ0n) is 47.8. The van der Waals surface area contributed by atoms with E-state index in [0.29, 0.717) is 47.7 Å². The molecule has 80 heavy (non-hydrogen) atoms. The lowest BCUT2D eigenvalue weighted by molar-refractivity contribution is 0.0139. The van der Waals surface area contributed by atoms with Crippen LogP contribution in [0.25, 0.3) is 42.7 Å². The van der Waals surface area contributed by atoms with Gasteiger partial charge in [-0.05, 0) is 107 Å². The number of hydrogen-bond donors (Lipinski definition) is 3. The van der Waals surface area contributed by atoms with Gasteiger partial charge < -0.3 is 44.5 Å². The fraction of sp³-hybridized carbons (Fsp3) is 0.393. The van der Waals surface area contributed by atoms with Crippen molar-refractivity contribution in [2.75, 3.05) is 91.4 Å². The maximum atomic E-state index is 12.5. The number of anilines is 2. The van der Waals surface area contributed by atoms with E-state index in [1.165, 1.54) is 41.8 Å². The number of aryl methyl sites for hydroxylation is 2. The van der Waals surface area contributed by atoms with E-state index in [2.05, 4.69) is 122 Å². The van der Waals surface area contributed by atoms with Crippen molar-refractivity contribution in [1.29, 1.82) is 0 Å². The molecule has 0 aliphatic carbocycles. The Morgan fingerprint density at radius 3 is 1.43 bits per heavy atom. The number of piperazine rings is 2. The second-order valence-electron chi connectivity index (χ2n) is 20.9. The summed E-state index contributed by atoms with van der Waals surface area (Å²) in [6.07, 6.45) is -0.231. The van der Waals surface area contributed by atoms with Crippen molar-refractivity contribution in [3.63, 3.8) is 0 Å². The molecule has 0 bridgehead atoms. The van der Waals surface area contributed by atoms with E-state index < -0.39 is 5.60 Å². The minimum absolute atomic E-state index is 0. The molecule has 8 aromatic rings. The van der Waals surface area contributed by atoms with E-state index >= 15 is 0 Å². The number of nitrogens with one attached hydrogen (secondary N) is 3. The summed E-state index contributed by atoms with van der Waals surface area (Å²) in [5.74, 6) is 5.53. The predicted octanol–water partition coefficient (Wildman–Crippen LogP) is 12.6. The molecule has 19 heteroatoms. The van der Waals surface area contributed by atoms with Crippen LogP contribution < -0.4 is 34.9 Å².